The van der Waals surface area contributed by atoms with Gasteiger partial charge in [0.15, 0.2) is 11.5 Å². The highest BCUT2D eigenvalue weighted by Crippen LogP contribution is 2.40. The van der Waals surface area contributed by atoms with Gasteiger partial charge in [0.25, 0.3) is 0 Å². The molecular weight excluding hydrogens is 396 g/mol. The smallest absolute Gasteiger partial charge is 0.161 e. The fourth-order valence-corrected chi connectivity index (χ4v) is 4.83. The van der Waals surface area contributed by atoms with E-state index in [9.17, 15) is 5.11 Å². The van der Waals surface area contributed by atoms with Crippen molar-refractivity contribution in [1.82, 2.24) is 0 Å². The lowest BCUT2D eigenvalue weighted by molar-refractivity contribution is 0.169. The summed E-state index contributed by atoms with van der Waals surface area (Å²) in [5, 5.41) is 10.4. The SMILES string of the molecule is OC(c1ccc2c(c1)OCCO2)c1cc(Br)sc1Br. The van der Waals surface area contributed by atoms with Crippen LogP contribution < -0.4 is 9.47 Å². The molecule has 0 bridgehead atoms. The van der Waals surface area contributed by atoms with Crippen molar-refractivity contribution in [3.63, 3.8) is 0 Å². The molecule has 1 unspecified atom stereocenters. The molecule has 6 heteroatoms. The molecule has 3 nitrogen and oxygen atoms in total. The van der Waals surface area contributed by atoms with Crippen molar-refractivity contribution >= 4 is 43.2 Å². The van der Waals surface area contributed by atoms with Gasteiger partial charge in [0.1, 0.15) is 19.3 Å². The Balaban J connectivity index is 1.95. The first kappa shape index (κ1) is 13.4. The zero-order valence-electron chi connectivity index (χ0n) is 9.73. The minimum atomic E-state index is -0.687. The molecule has 2 heterocycles. The lowest BCUT2D eigenvalue weighted by Gasteiger charge is -2.20. The first-order valence-corrected chi connectivity index (χ1v) is 8.08. The van der Waals surface area contributed by atoms with Crippen molar-refractivity contribution in [3.05, 3.63) is 43.0 Å². The third kappa shape index (κ3) is 2.67. The van der Waals surface area contributed by atoms with E-state index in [1.165, 1.54) is 11.3 Å². The molecule has 1 atom stereocenters. The highest BCUT2D eigenvalue weighted by molar-refractivity contribution is 9.12. The molecule has 0 fully saturated rings. The van der Waals surface area contributed by atoms with Crippen LogP contribution in [0.5, 0.6) is 11.5 Å². The van der Waals surface area contributed by atoms with E-state index in [1.54, 1.807) is 0 Å². The van der Waals surface area contributed by atoms with Gasteiger partial charge in [-0.25, -0.2) is 0 Å². The zero-order valence-corrected chi connectivity index (χ0v) is 13.7. The standard InChI is InChI=1S/C13H10Br2O3S/c14-11-6-8(13(15)19-11)12(16)7-1-2-9-10(5-7)18-4-3-17-9/h1-2,5-6,12,16H,3-4H2. The van der Waals surface area contributed by atoms with E-state index < -0.39 is 6.10 Å². The Kier molecular flexibility index (Phi) is 3.84. The summed E-state index contributed by atoms with van der Waals surface area (Å²) in [6, 6.07) is 7.44. The van der Waals surface area contributed by atoms with Gasteiger partial charge < -0.3 is 14.6 Å². The molecule has 0 aliphatic carbocycles. The summed E-state index contributed by atoms with van der Waals surface area (Å²) in [5.74, 6) is 1.42. The third-order valence-corrected chi connectivity index (χ3v) is 5.25. The van der Waals surface area contributed by atoms with E-state index in [0.717, 1.165) is 24.4 Å². The normalized spacial score (nSPS) is 15.3. The molecule has 1 aliphatic heterocycles. The van der Waals surface area contributed by atoms with Gasteiger partial charge in [0.05, 0.1) is 7.57 Å². The van der Waals surface area contributed by atoms with Crippen molar-refractivity contribution in [2.24, 2.45) is 0 Å². The van der Waals surface area contributed by atoms with Crippen LogP contribution in [0, 0.1) is 0 Å². The van der Waals surface area contributed by atoms with Crippen molar-refractivity contribution in [3.8, 4) is 11.5 Å². The van der Waals surface area contributed by atoms with Gasteiger partial charge in [-0.15, -0.1) is 11.3 Å². The van der Waals surface area contributed by atoms with Crippen molar-refractivity contribution < 1.29 is 14.6 Å². The average molecular weight is 406 g/mol. The molecule has 0 saturated carbocycles. The van der Waals surface area contributed by atoms with Gasteiger partial charge in [-0.1, -0.05) is 6.07 Å². The average Bonchev–Trinajstić information content (AvgIpc) is 2.76. The molecule has 3 rings (SSSR count). The molecule has 19 heavy (non-hydrogen) atoms. The number of aliphatic hydroxyl groups excluding tert-OH is 1. The second-order valence-corrected chi connectivity index (χ2v) is 7.83. The third-order valence-electron chi connectivity index (χ3n) is 2.86. The molecule has 1 N–H and O–H groups in total. The molecule has 0 saturated heterocycles. The van der Waals surface area contributed by atoms with E-state index >= 15 is 0 Å². The van der Waals surface area contributed by atoms with E-state index in [2.05, 4.69) is 31.9 Å². The summed E-state index contributed by atoms with van der Waals surface area (Å²) >= 11 is 8.42. The quantitative estimate of drug-likeness (QED) is 0.816. The molecule has 100 valence electrons. The molecule has 1 aromatic carbocycles. The topological polar surface area (TPSA) is 38.7 Å². The second-order valence-electron chi connectivity index (χ2n) is 4.09. The molecule has 0 radical (unpaired) electrons. The van der Waals surface area contributed by atoms with Crippen LogP contribution >= 0.6 is 43.2 Å². The number of ether oxygens (including phenoxy) is 2. The summed E-state index contributed by atoms with van der Waals surface area (Å²) in [6.45, 7) is 1.11. The number of benzene rings is 1. The van der Waals surface area contributed by atoms with Gasteiger partial charge in [0.2, 0.25) is 0 Å². The minimum Gasteiger partial charge on any atom is -0.486 e. The van der Waals surface area contributed by atoms with Crippen molar-refractivity contribution in [2.45, 2.75) is 6.10 Å². The van der Waals surface area contributed by atoms with E-state index in [4.69, 9.17) is 9.47 Å². The van der Waals surface area contributed by atoms with Crippen LogP contribution in [0.25, 0.3) is 0 Å². The van der Waals surface area contributed by atoms with Gasteiger partial charge in [-0.3, -0.25) is 0 Å². The number of aliphatic hydroxyl groups is 1. The fraction of sp³-hybridized carbons (Fsp3) is 0.231. The molecular formula is C13H10Br2O3S. The van der Waals surface area contributed by atoms with Gasteiger partial charge in [-0.05, 0) is 55.6 Å². The van der Waals surface area contributed by atoms with E-state index in [-0.39, 0.29) is 0 Å². The minimum absolute atomic E-state index is 0.542. The lowest BCUT2D eigenvalue weighted by atomic mass is 10.0. The highest BCUT2D eigenvalue weighted by atomic mass is 79.9. The number of hydrogen-bond donors (Lipinski definition) is 1. The van der Waals surface area contributed by atoms with E-state index in [1.807, 2.05) is 24.3 Å². The Hall–Kier alpha value is -0.560. The predicted molar refractivity (Wildman–Crippen MR) is 81.2 cm³/mol. The number of halogens is 2. The maximum atomic E-state index is 10.4. The van der Waals surface area contributed by atoms with Crippen molar-refractivity contribution in [1.29, 1.82) is 0 Å². The Morgan fingerprint density at radius 3 is 2.53 bits per heavy atom. The summed E-state index contributed by atoms with van der Waals surface area (Å²) in [4.78, 5) is 0. The molecule has 0 amide bonds. The second kappa shape index (κ2) is 5.44. The van der Waals surface area contributed by atoms with Crippen LogP contribution in [-0.2, 0) is 0 Å². The van der Waals surface area contributed by atoms with Crippen molar-refractivity contribution in [2.75, 3.05) is 13.2 Å². The Morgan fingerprint density at radius 1 is 1.11 bits per heavy atom. The van der Waals surface area contributed by atoms with E-state index in [0.29, 0.717) is 19.0 Å². The molecule has 1 aliphatic rings. The summed E-state index contributed by atoms with van der Waals surface area (Å²) in [7, 11) is 0. The van der Waals surface area contributed by atoms with Gasteiger partial charge in [-0.2, -0.15) is 0 Å². The first-order chi connectivity index (χ1) is 9.15. The predicted octanol–water partition coefficient (Wildman–Crippen LogP) is 4.13. The number of fused-ring (bicyclic) bond motifs is 1. The fourth-order valence-electron chi connectivity index (χ4n) is 1.95. The van der Waals surface area contributed by atoms with Crippen LogP contribution in [0.3, 0.4) is 0 Å². The zero-order chi connectivity index (χ0) is 13.4. The maximum absolute atomic E-state index is 10.4. The Morgan fingerprint density at radius 2 is 1.84 bits per heavy atom. The number of thiophene rings is 1. The number of rotatable bonds is 2. The molecule has 1 aromatic heterocycles. The van der Waals surface area contributed by atoms with Crippen LogP contribution in [0.2, 0.25) is 0 Å². The lowest BCUT2D eigenvalue weighted by Crippen LogP contribution is -2.15. The van der Waals surface area contributed by atoms with Gasteiger partial charge in [0, 0.05) is 5.56 Å². The Labute approximate surface area is 131 Å². The van der Waals surface area contributed by atoms with Crippen LogP contribution in [0.4, 0.5) is 0 Å². The Bertz CT molecular complexity index is 612. The highest BCUT2D eigenvalue weighted by Gasteiger charge is 2.19. The summed E-state index contributed by atoms with van der Waals surface area (Å²) in [5.41, 5.74) is 1.63. The van der Waals surface area contributed by atoms with Crippen LogP contribution in [0.1, 0.15) is 17.2 Å². The maximum Gasteiger partial charge on any atom is 0.161 e. The van der Waals surface area contributed by atoms with Crippen LogP contribution in [-0.4, -0.2) is 18.3 Å². The summed E-state index contributed by atoms with van der Waals surface area (Å²) in [6.07, 6.45) is -0.687. The number of hydrogen-bond acceptors (Lipinski definition) is 4. The first-order valence-electron chi connectivity index (χ1n) is 5.67. The molecule has 2 aromatic rings. The monoisotopic (exact) mass is 404 g/mol. The summed E-state index contributed by atoms with van der Waals surface area (Å²) < 4.78 is 12.9. The largest absolute Gasteiger partial charge is 0.486 e. The van der Waals surface area contributed by atoms with Crippen LogP contribution in [0.15, 0.2) is 31.8 Å². The molecule has 0 spiro atoms. The van der Waals surface area contributed by atoms with Gasteiger partial charge >= 0.3 is 0 Å².